The molecule has 0 aliphatic carbocycles. The summed E-state index contributed by atoms with van der Waals surface area (Å²) in [5, 5.41) is 9.25. The second kappa shape index (κ2) is 16.8. The second-order valence-electron chi connectivity index (χ2n) is 7.97. The summed E-state index contributed by atoms with van der Waals surface area (Å²) in [7, 11) is 0. The van der Waals surface area contributed by atoms with Gasteiger partial charge in [0, 0.05) is 25.3 Å². The molecule has 1 unspecified atom stereocenters. The molecule has 0 heterocycles. The standard InChI is InChI=1S/C27H37NO6S/c1-3-5-18-35-19-16-28(27(31)34-21-23-9-7-6-8-10-23)15-17-33-24-13-11-22(12-14-24)20-25(26(29)30)32-4-2/h6-14,25H,3-5,15-21H2,1-2H3,(H,29,30). The zero-order chi connectivity index (χ0) is 25.3. The Bertz CT molecular complexity index is 862. The molecular formula is C27H37NO6S. The lowest BCUT2D eigenvalue weighted by Gasteiger charge is -2.22. The molecule has 1 amide bonds. The number of nitrogens with zero attached hydrogens (tertiary/aromatic N) is 1. The van der Waals surface area contributed by atoms with E-state index in [4.69, 9.17) is 14.2 Å². The Kier molecular flexibility index (Phi) is 13.7. The van der Waals surface area contributed by atoms with Crippen molar-refractivity contribution >= 4 is 23.8 Å². The Morgan fingerprint density at radius 2 is 1.71 bits per heavy atom. The molecule has 0 fully saturated rings. The van der Waals surface area contributed by atoms with Crippen molar-refractivity contribution in [1.29, 1.82) is 0 Å². The Labute approximate surface area is 212 Å². The molecule has 35 heavy (non-hydrogen) atoms. The third-order valence-corrected chi connectivity index (χ3v) is 6.28. The summed E-state index contributed by atoms with van der Waals surface area (Å²) < 4.78 is 16.6. The van der Waals surface area contributed by atoms with Gasteiger partial charge >= 0.3 is 12.1 Å². The van der Waals surface area contributed by atoms with Crippen LogP contribution in [0.5, 0.6) is 5.75 Å². The highest BCUT2D eigenvalue weighted by Gasteiger charge is 2.18. The molecule has 0 aliphatic rings. The maximum atomic E-state index is 12.7. The molecular weight excluding hydrogens is 466 g/mol. The Morgan fingerprint density at radius 3 is 2.37 bits per heavy atom. The Morgan fingerprint density at radius 1 is 0.971 bits per heavy atom. The molecule has 0 aliphatic heterocycles. The lowest BCUT2D eigenvalue weighted by Crippen LogP contribution is -2.36. The van der Waals surface area contributed by atoms with Crippen molar-refractivity contribution in [3.63, 3.8) is 0 Å². The van der Waals surface area contributed by atoms with Crippen molar-refractivity contribution < 1.29 is 28.9 Å². The molecule has 0 aromatic heterocycles. The maximum Gasteiger partial charge on any atom is 0.410 e. The largest absolute Gasteiger partial charge is 0.492 e. The molecule has 7 nitrogen and oxygen atoms in total. The van der Waals surface area contributed by atoms with E-state index in [0.29, 0.717) is 38.5 Å². The normalized spacial score (nSPS) is 11.6. The van der Waals surface area contributed by atoms with Gasteiger partial charge in [-0.05, 0) is 42.4 Å². The minimum absolute atomic E-state index is 0.237. The van der Waals surface area contributed by atoms with E-state index in [-0.39, 0.29) is 12.7 Å². The second-order valence-corrected chi connectivity index (χ2v) is 9.20. The van der Waals surface area contributed by atoms with Gasteiger partial charge < -0.3 is 24.2 Å². The molecule has 0 bridgehead atoms. The summed E-state index contributed by atoms with van der Waals surface area (Å²) >= 11 is 1.84. The zero-order valence-electron chi connectivity index (χ0n) is 20.7. The van der Waals surface area contributed by atoms with Crippen LogP contribution in [0.3, 0.4) is 0 Å². The molecule has 2 aromatic carbocycles. The highest BCUT2D eigenvalue weighted by molar-refractivity contribution is 7.99. The van der Waals surface area contributed by atoms with Crippen LogP contribution < -0.4 is 4.74 Å². The van der Waals surface area contributed by atoms with Gasteiger partial charge in [-0.2, -0.15) is 11.8 Å². The number of hydrogen-bond donors (Lipinski definition) is 1. The topological polar surface area (TPSA) is 85.3 Å². The number of carbonyl (C=O) groups is 2. The molecule has 1 atom stereocenters. The predicted molar refractivity (Wildman–Crippen MR) is 139 cm³/mol. The van der Waals surface area contributed by atoms with Crippen molar-refractivity contribution in [2.75, 3.05) is 37.8 Å². The predicted octanol–water partition coefficient (Wildman–Crippen LogP) is 5.27. The van der Waals surface area contributed by atoms with E-state index in [9.17, 15) is 14.7 Å². The average Bonchev–Trinajstić information content (AvgIpc) is 2.87. The van der Waals surface area contributed by atoms with Crippen molar-refractivity contribution in [3.8, 4) is 5.75 Å². The quantitative estimate of drug-likeness (QED) is 0.294. The van der Waals surface area contributed by atoms with Gasteiger partial charge in [0.25, 0.3) is 0 Å². The van der Waals surface area contributed by atoms with Crippen LogP contribution in [0.2, 0.25) is 0 Å². The Hall–Kier alpha value is -2.71. The average molecular weight is 504 g/mol. The third kappa shape index (κ3) is 11.5. The van der Waals surface area contributed by atoms with Crippen LogP contribution >= 0.6 is 11.8 Å². The molecule has 8 heteroatoms. The summed E-state index contributed by atoms with van der Waals surface area (Å²) in [6.07, 6.45) is 1.41. The SMILES string of the molecule is CCCCSCCN(CCOc1ccc(CC(OCC)C(=O)O)cc1)C(=O)OCc1ccccc1. The van der Waals surface area contributed by atoms with Crippen molar-refractivity contribution in [2.24, 2.45) is 0 Å². The number of carboxylic acids is 1. The number of amides is 1. The van der Waals surface area contributed by atoms with Gasteiger partial charge in [0.05, 0.1) is 6.54 Å². The zero-order valence-corrected chi connectivity index (χ0v) is 21.5. The number of carbonyl (C=O) groups excluding carboxylic acids is 1. The summed E-state index contributed by atoms with van der Waals surface area (Å²) in [6.45, 7) is 5.86. The molecule has 2 aromatic rings. The van der Waals surface area contributed by atoms with E-state index < -0.39 is 12.1 Å². The first-order valence-electron chi connectivity index (χ1n) is 12.1. The molecule has 1 N–H and O–H groups in total. The fraction of sp³-hybridized carbons (Fsp3) is 0.481. The summed E-state index contributed by atoms with van der Waals surface area (Å²) in [4.78, 5) is 25.7. The summed E-state index contributed by atoms with van der Waals surface area (Å²) in [6, 6.07) is 16.9. The monoisotopic (exact) mass is 503 g/mol. The van der Waals surface area contributed by atoms with E-state index in [1.165, 1.54) is 6.42 Å². The fourth-order valence-electron chi connectivity index (χ4n) is 3.26. The Balaban J connectivity index is 1.85. The van der Waals surface area contributed by atoms with E-state index in [1.807, 2.05) is 54.2 Å². The van der Waals surface area contributed by atoms with E-state index in [0.717, 1.165) is 29.1 Å². The van der Waals surface area contributed by atoms with Crippen LogP contribution in [0.25, 0.3) is 0 Å². The molecule has 0 saturated heterocycles. The number of rotatable bonds is 17. The van der Waals surface area contributed by atoms with Crippen LogP contribution in [0.1, 0.15) is 37.8 Å². The van der Waals surface area contributed by atoms with Gasteiger partial charge in [0.15, 0.2) is 6.10 Å². The van der Waals surface area contributed by atoms with Crippen LogP contribution in [-0.2, 0) is 27.3 Å². The van der Waals surface area contributed by atoms with Crippen LogP contribution in [0.4, 0.5) is 4.79 Å². The molecule has 0 radical (unpaired) electrons. The fourth-order valence-corrected chi connectivity index (χ4v) is 4.30. The highest BCUT2D eigenvalue weighted by Crippen LogP contribution is 2.15. The van der Waals surface area contributed by atoms with Crippen molar-refractivity contribution in [2.45, 2.75) is 45.8 Å². The van der Waals surface area contributed by atoms with Gasteiger partial charge in [-0.3, -0.25) is 0 Å². The van der Waals surface area contributed by atoms with Crippen LogP contribution in [-0.4, -0.2) is 66.0 Å². The van der Waals surface area contributed by atoms with Crippen molar-refractivity contribution in [1.82, 2.24) is 4.90 Å². The highest BCUT2D eigenvalue weighted by atomic mass is 32.2. The first kappa shape index (κ1) is 28.5. The number of thioether (sulfide) groups is 1. The van der Waals surface area contributed by atoms with Gasteiger partial charge in [0.2, 0.25) is 0 Å². The van der Waals surface area contributed by atoms with Gasteiger partial charge in [-0.25, -0.2) is 9.59 Å². The van der Waals surface area contributed by atoms with Crippen LogP contribution in [0, 0.1) is 0 Å². The van der Waals surface area contributed by atoms with Gasteiger partial charge in [-0.15, -0.1) is 0 Å². The van der Waals surface area contributed by atoms with E-state index >= 15 is 0 Å². The number of unbranched alkanes of at least 4 members (excludes halogenated alkanes) is 1. The lowest BCUT2D eigenvalue weighted by molar-refractivity contribution is -0.149. The lowest BCUT2D eigenvalue weighted by atomic mass is 10.1. The summed E-state index contributed by atoms with van der Waals surface area (Å²) in [5.74, 6) is 1.61. The minimum Gasteiger partial charge on any atom is -0.492 e. The first-order chi connectivity index (χ1) is 17.0. The molecule has 2 rings (SSSR count). The number of benzene rings is 2. The minimum atomic E-state index is -0.973. The van der Waals surface area contributed by atoms with Gasteiger partial charge in [0.1, 0.15) is 19.0 Å². The molecule has 0 spiro atoms. The van der Waals surface area contributed by atoms with Crippen LogP contribution in [0.15, 0.2) is 54.6 Å². The van der Waals surface area contributed by atoms with E-state index in [2.05, 4.69) is 6.92 Å². The summed E-state index contributed by atoms with van der Waals surface area (Å²) in [5.41, 5.74) is 1.80. The first-order valence-corrected chi connectivity index (χ1v) is 13.3. The maximum absolute atomic E-state index is 12.7. The smallest absolute Gasteiger partial charge is 0.410 e. The third-order valence-electron chi connectivity index (χ3n) is 5.23. The number of aliphatic carboxylic acids is 1. The molecule has 0 saturated carbocycles. The van der Waals surface area contributed by atoms with E-state index in [1.54, 1.807) is 24.0 Å². The number of ether oxygens (including phenoxy) is 3. The molecule has 192 valence electrons. The van der Waals surface area contributed by atoms with Crippen molar-refractivity contribution in [3.05, 3.63) is 65.7 Å². The number of hydrogen-bond acceptors (Lipinski definition) is 6. The number of carboxylic acid groups (broad SMARTS) is 1. The van der Waals surface area contributed by atoms with Gasteiger partial charge in [-0.1, -0.05) is 55.8 Å².